The van der Waals surface area contributed by atoms with Crippen LogP contribution >= 0.6 is 0 Å². The van der Waals surface area contributed by atoms with Gasteiger partial charge in [0.2, 0.25) is 0 Å². The molecule has 0 unspecified atom stereocenters. The van der Waals surface area contributed by atoms with E-state index in [2.05, 4.69) is 36.9 Å². The van der Waals surface area contributed by atoms with Gasteiger partial charge in [-0.1, -0.05) is 42.5 Å². The maximum Gasteiger partial charge on any atom is 0.127 e. The quantitative estimate of drug-likeness (QED) is 0.610. The summed E-state index contributed by atoms with van der Waals surface area (Å²) in [5, 5.41) is 8.96. The number of hydrogen-bond acceptors (Lipinski definition) is 1. The summed E-state index contributed by atoms with van der Waals surface area (Å²) in [4.78, 5) is 0. The van der Waals surface area contributed by atoms with Gasteiger partial charge in [-0.25, -0.2) is 4.39 Å². The van der Waals surface area contributed by atoms with Crippen LogP contribution < -0.4 is 0 Å². The summed E-state index contributed by atoms with van der Waals surface area (Å²) in [6.45, 7) is 3.89. The molecular formula is C24H29FO. The summed E-state index contributed by atoms with van der Waals surface area (Å²) < 4.78 is 14.1. The van der Waals surface area contributed by atoms with E-state index >= 15 is 0 Å². The Labute approximate surface area is 156 Å². The monoisotopic (exact) mass is 352 g/mol. The van der Waals surface area contributed by atoms with Gasteiger partial charge in [-0.3, -0.25) is 0 Å². The van der Waals surface area contributed by atoms with Crippen LogP contribution in [-0.4, -0.2) is 11.7 Å². The Morgan fingerprint density at radius 3 is 2.27 bits per heavy atom. The molecule has 0 aromatic heterocycles. The predicted octanol–water partition coefficient (Wildman–Crippen LogP) is 5.95. The van der Waals surface area contributed by atoms with Crippen LogP contribution in [0.4, 0.5) is 4.39 Å². The number of aliphatic hydroxyl groups is 1. The van der Waals surface area contributed by atoms with Gasteiger partial charge >= 0.3 is 0 Å². The molecule has 1 nitrogen and oxygen atoms in total. The Bertz CT molecular complexity index is 711. The fourth-order valence-corrected chi connectivity index (χ4v) is 4.00. The SMILES string of the molecule is C=CC1CCC(CCc2ccc(-c3ccc(CCO)c(F)c3)cc2)CC1. The topological polar surface area (TPSA) is 20.2 Å². The molecule has 1 aliphatic rings. The van der Waals surface area contributed by atoms with E-state index in [0.29, 0.717) is 12.0 Å². The molecule has 0 atom stereocenters. The molecule has 3 rings (SSSR count). The van der Waals surface area contributed by atoms with Crippen molar-refractivity contribution in [1.82, 2.24) is 0 Å². The van der Waals surface area contributed by atoms with E-state index in [-0.39, 0.29) is 12.4 Å². The van der Waals surface area contributed by atoms with Gasteiger partial charge in [0.1, 0.15) is 5.82 Å². The molecule has 0 heterocycles. The van der Waals surface area contributed by atoms with Crippen LogP contribution in [0.3, 0.4) is 0 Å². The molecule has 1 aliphatic carbocycles. The molecule has 0 aliphatic heterocycles. The van der Waals surface area contributed by atoms with Crippen molar-refractivity contribution in [2.45, 2.75) is 44.9 Å². The fourth-order valence-electron chi connectivity index (χ4n) is 4.00. The van der Waals surface area contributed by atoms with Crippen molar-refractivity contribution >= 4 is 0 Å². The fraction of sp³-hybridized carbons (Fsp3) is 0.417. The number of halogens is 1. The average molecular weight is 352 g/mol. The minimum Gasteiger partial charge on any atom is -0.396 e. The zero-order chi connectivity index (χ0) is 18.4. The largest absolute Gasteiger partial charge is 0.396 e. The second kappa shape index (κ2) is 9.14. The minimum atomic E-state index is -0.240. The van der Waals surface area contributed by atoms with Gasteiger partial charge in [-0.15, -0.1) is 6.58 Å². The summed E-state index contributed by atoms with van der Waals surface area (Å²) in [6, 6.07) is 13.8. The van der Waals surface area contributed by atoms with Gasteiger partial charge in [0.15, 0.2) is 0 Å². The minimum absolute atomic E-state index is 0.0276. The van der Waals surface area contributed by atoms with Crippen molar-refractivity contribution in [3.8, 4) is 11.1 Å². The predicted molar refractivity (Wildman–Crippen MR) is 107 cm³/mol. The van der Waals surface area contributed by atoms with Crippen LogP contribution in [0.15, 0.2) is 55.1 Å². The summed E-state index contributed by atoms with van der Waals surface area (Å²) in [5.41, 5.74) is 3.85. The molecule has 2 aromatic rings. The van der Waals surface area contributed by atoms with Crippen molar-refractivity contribution in [2.75, 3.05) is 6.61 Å². The molecular weight excluding hydrogens is 323 g/mol. The summed E-state index contributed by atoms with van der Waals surface area (Å²) in [6.07, 6.45) is 10.1. The number of hydrogen-bond donors (Lipinski definition) is 1. The summed E-state index contributed by atoms with van der Waals surface area (Å²) >= 11 is 0. The van der Waals surface area contributed by atoms with Crippen LogP contribution in [0.2, 0.25) is 0 Å². The third kappa shape index (κ3) is 4.82. The molecule has 0 bridgehead atoms. The van der Waals surface area contributed by atoms with Crippen molar-refractivity contribution in [2.24, 2.45) is 11.8 Å². The molecule has 1 saturated carbocycles. The zero-order valence-electron chi connectivity index (χ0n) is 15.5. The number of rotatable bonds is 7. The molecule has 2 heteroatoms. The van der Waals surface area contributed by atoms with E-state index in [1.165, 1.54) is 37.7 Å². The number of benzene rings is 2. The lowest BCUT2D eigenvalue weighted by molar-refractivity contribution is 0.296. The first-order valence-electron chi connectivity index (χ1n) is 9.80. The van der Waals surface area contributed by atoms with Crippen LogP contribution in [0.1, 0.15) is 43.2 Å². The molecule has 0 spiro atoms. The van der Waals surface area contributed by atoms with Crippen LogP contribution in [0.5, 0.6) is 0 Å². The highest BCUT2D eigenvalue weighted by molar-refractivity contribution is 5.64. The van der Waals surface area contributed by atoms with Crippen LogP contribution in [0, 0.1) is 17.7 Å². The first kappa shape index (κ1) is 18.8. The van der Waals surface area contributed by atoms with Crippen LogP contribution in [0.25, 0.3) is 11.1 Å². The lowest BCUT2D eigenvalue weighted by Crippen LogP contribution is -2.13. The molecule has 138 valence electrons. The number of aryl methyl sites for hydroxylation is 1. The highest BCUT2D eigenvalue weighted by Crippen LogP contribution is 2.32. The normalized spacial score (nSPS) is 20.1. The van der Waals surface area contributed by atoms with Gasteiger partial charge < -0.3 is 5.11 Å². The van der Waals surface area contributed by atoms with E-state index in [1.807, 2.05) is 6.07 Å². The standard InChI is InChI=1S/C24H29FO/c1-2-18-3-5-19(6-4-18)7-8-20-9-11-21(12-10-20)23-14-13-22(15-16-26)24(25)17-23/h2,9-14,17-19,26H,1,3-8,15-16H2. The Morgan fingerprint density at radius 1 is 0.962 bits per heavy atom. The second-order valence-electron chi connectivity index (χ2n) is 7.53. The third-order valence-corrected chi connectivity index (χ3v) is 5.79. The first-order valence-corrected chi connectivity index (χ1v) is 9.80. The van der Waals surface area contributed by atoms with E-state index in [4.69, 9.17) is 5.11 Å². The van der Waals surface area contributed by atoms with Gasteiger partial charge in [0.05, 0.1) is 0 Å². The average Bonchev–Trinajstić information content (AvgIpc) is 2.69. The van der Waals surface area contributed by atoms with Crippen molar-refractivity contribution in [3.63, 3.8) is 0 Å². The third-order valence-electron chi connectivity index (χ3n) is 5.79. The van der Waals surface area contributed by atoms with Crippen molar-refractivity contribution in [1.29, 1.82) is 0 Å². The summed E-state index contributed by atoms with van der Waals surface area (Å²) in [7, 11) is 0. The van der Waals surface area contributed by atoms with Gasteiger partial charge in [-0.2, -0.15) is 0 Å². The van der Waals surface area contributed by atoms with Crippen LogP contribution in [-0.2, 0) is 12.8 Å². The second-order valence-corrected chi connectivity index (χ2v) is 7.53. The number of aliphatic hydroxyl groups excluding tert-OH is 1. The number of allylic oxidation sites excluding steroid dienone is 1. The Kier molecular flexibility index (Phi) is 6.62. The van der Waals surface area contributed by atoms with E-state index in [9.17, 15) is 4.39 Å². The molecule has 0 radical (unpaired) electrons. The molecule has 1 fully saturated rings. The Balaban J connectivity index is 1.57. The highest BCUT2D eigenvalue weighted by atomic mass is 19.1. The zero-order valence-corrected chi connectivity index (χ0v) is 15.5. The Morgan fingerprint density at radius 2 is 1.65 bits per heavy atom. The van der Waals surface area contributed by atoms with E-state index < -0.39 is 0 Å². The van der Waals surface area contributed by atoms with Gasteiger partial charge in [0.25, 0.3) is 0 Å². The lowest BCUT2D eigenvalue weighted by Gasteiger charge is -2.26. The maximum atomic E-state index is 14.1. The van der Waals surface area contributed by atoms with Crippen molar-refractivity contribution < 1.29 is 9.50 Å². The van der Waals surface area contributed by atoms with Crippen molar-refractivity contribution in [3.05, 3.63) is 72.1 Å². The molecule has 2 aromatic carbocycles. The lowest BCUT2D eigenvalue weighted by atomic mass is 9.79. The molecule has 0 amide bonds. The summed E-state index contributed by atoms with van der Waals surface area (Å²) in [5.74, 6) is 1.34. The first-order chi connectivity index (χ1) is 12.7. The smallest absolute Gasteiger partial charge is 0.127 e. The molecule has 0 saturated heterocycles. The van der Waals surface area contributed by atoms with E-state index in [1.54, 1.807) is 12.1 Å². The van der Waals surface area contributed by atoms with Gasteiger partial charge in [0, 0.05) is 6.61 Å². The molecule has 1 N–H and O–H groups in total. The van der Waals surface area contributed by atoms with Gasteiger partial charge in [-0.05, 0) is 85.1 Å². The molecule has 26 heavy (non-hydrogen) atoms. The maximum absolute atomic E-state index is 14.1. The van der Waals surface area contributed by atoms with E-state index in [0.717, 1.165) is 29.4 Å². The highest BCUT2D eigenvalue weighted by Gasteiger charge is 2.18. The Hall–Kier alpha value is -1.93.